The molecule has 1 aromatic rings. The first kappa shape index (κ1) is 16.9. The molecular formula is C17H25N5O2. The second-order valence-electron chi connectivity index (χ2n) is 6.41. The topological polar surface area (TPSA) is 77.6 Å². The van der Waals surface area contributed by atoms with Crippen LogP contribution < -0.4 is 10.6 Å². The first-order valence-corrected chi connectivity index (χ1v) is 8.68. The Labute approximate surface area is 142 Å². The monoisotopic (exact) mass is 331 g/mol. The molecule has 2 aliphatic heterocycles. The molecule has 0 saturated carbocycles. The maximum absolute atomic E-state index is 12.2. The Morgan fingerprint density at radius 2 is 1.29 bits per heavy atom. The Hall–Kier alpha value is -1.99. The number of carbonyl (C=O) groups excluding carboxylic acids is 2. The predicted molar refractivity (Wildman–Crippen MR) is 90.8 cm³/mol. The fourth-order valence-electron chi connectivity index (χ4n) is 3.21. The molecule has 4 bridgehead atoms. The van der Waals surface area contributed by atoms with Gasteiger partial charge < -0.3 is 10.6 Å². The highest BCUT2D eigenvalue weighted by atomic mass is 16.2. The fourth-order valence-corrected chi connectivity index (χ4v) is 3.21. The summed E-state index contributed by atoms with van der Waals surface area (Å²) in [5.41, 5.74) is 0.859. The van der Waals surface area contributed by atoms with Crippen molar-refractivity contribution >= 4 is 11.8 Å². The van der Waals surface area contributed by atoms with Crippen molar-refractivity contribution in [2.45, 2.75) is 19.3 Å². The number of fused-ring (bicyclic) bond motifs is 4. The summed E-state index contributed by atoms with van der Waals surface area (Å²) in [6, 6.07) is 1.60. The number of hydrogen-bond acceptors (Lipinski definition) is 5. The first-order chi connectivity index (χ1) is 11.7. The zero-order valence-electron chi connectivity index (χ0n) is 14.0. The maximum Gasteiger partial charge on any atom is 0.252 e. The zero-order chi connectivity index (χ0) is 16.8. The molecule has 7 heteroatoms. The molecule has 3 heterocycles. The van der Waals surface area contributed by atoms with Crippen molar-refractivity contribution in [1.82, 2.24) is 25.4 Å². The van der Waals surface area contributed by atoms with Gasteiger partial charge in [0, 0.05) is 51.7 Å². The summed E-state index contributed by atoms with van der Waals surface area (Å²) in [5, 5.41) is 5.82. The molecule has 0 radical (unpaired) electrons. The number of rotatable bonds is 0. The van der Waals surface area contributed by atoms with Crippen molar-refractivity contribution in [3.8, 4) is 0 Å². The van der Waals surface area contributed by atoms with Gasteiger partial charge in [0.2, 0.25) is 0 Å². The molecule has 2 N–H and O–H groups in total. The molecule has 2 atom stereocenters. The number of hydrogen-bond donors (Lipinski definition) is 2. The van der Waals surface area contributed by atoms with Gasteiger partial charge in [0.05, 0.1) is 17.8 Å². The van der Waals surface area contributed by atoms with E-state index in [1.54, 1.807) is 6.07 Å². The van der Waals surface area contributed by atoms with Crippen molar-refractivity contribution < 1.29 is 9.59 Å². The van der Waals surface area contributed by atoms with E-state index in [0.717, 1.165) is 45.7 Å². The average Bonchev–Trinajstić information content (AvgIpc) is 2.62. The van der Waals surface area contributed by atoms with Crippen LogP contribution in [0, 0.1) is 0 Å². The van der Waals surface area contributed by atoms with Crippen LogP contribution in [0.2, 0.25) is 0 Å². The molecule has 1 aromatic heterocycles. The highest BCUT2D eigenvalue weighted by Crippen LogP contribution is 2.08. The first-order valence-electron chi connectivity index (χ1n) is 8.68. The number of nitrogens with zero attached hydrogens (tertiary/aromatic N) is 3. The zero-order valence-corrected chi connectivity index (χ0v) is 14.0. The van der Waals surface area contributed by atoms with Crippen molar-refractivity contribution in [1.29, 1.82) is 0 Å². The van der Waals surface area contributed by atoms with Gasteiger partial charge in [-0.2, -0.15) is 0 Å². The van der Waals surface area contributed by atoms with E-state index in [1.165, 1.54) is 18.8 Å². The highest BCUT2D eigenvalue weighted by molar-refractivity contribution is 5.99. The van der Waals surface area contributed by atoms with Crippen molar-refractivity contribution in [3.05, 3.63) is 29.6 Å². The van der Waals surface area contributed by atoms with E-state index >= 15 is 0 Å². The summed E-state index contributed by atoms with van der Waals surface area (Å²) in [7, 11) is 0. The van der Waals surface area contributed by atoms with Crippen LogP contribution in [0.3, 0.4) is 0 Å². The third kappa shape index (κ3) is 4.52. The van der Waals surface area contributed by atoms with Crippen molar-refractivity contribution in [3.63, 3.8) is 0 Å². The lowest BCUT2D eigenvalue weighted by Crippen LogP contribution is -2.46. The van der Waals surface area contributed by atoms with Crippen LogP contribution in [0.15, 0.2) is 18.5 Å². The van der Waals surface area contributed by atoms with Crippen molar-refractivity contribution in [2.75, 3.05) is 45.9 Å². The molecule has 3 rings (SSSR count). The smallest absolute Gasteiger partial charge is 0.252 e. The molecule has 2 amide bonds. The molecular weight excluding hydrogens is 306 g/mol. The van der Waals surface area contributed by atoms with Crippen LogP contribution >= 0.6 is 0 Å². The number of amides is 2. The molecule has 130 valence electrons. The number of nitrogens with one attached hydrogen (secondary N) is 2. The largest absolute Gasteiger partial charge is 0.352 e. The van der Waals surface area contributed by atoms with Crippen LogP contribution in [0.25, 0.3) is 0 Å². The van der Waals surface area contributed by atoms with Gasteiger partial charge in [-0.3, -0.25) is 24.4 Å². The number of pyridine rings is 1. The van der Waals surface area contributed by atoms with Gasteiger partial charge in [-0.25, -0.2) is 0 Å². The van der Waals surface area contributed by atoms with Crippen LogP contribution in [0.4, 0.5) is 0 Å². The Kier molecular flexibility index (Phi) is 5.77. The van der Waals surface area contributed by atoms with E-state index in [0.29, 0.717) is 24.2 Å². The third-order valence-electron chi connectivity index (χ3n) is 4.48. The Morgan fingerprint density at radius 1 is 0.792 bits per heavy atom. The molecule has 0 aromatic carbocycles. The van der Waals surface area contributed by atoms with Crippen LogP contribution in [0.1, 0.15) is 40.0 Å². The van der Waals surface area contributed by atoms with Crippen LogP contribution in [-0.4, -0.2) is 72.5 Å². The van der Waals surface area contributed by atoms with Gasteiger partial charge in [0.15, 0.2) is 0 Å². The molecule has 24 heavy (non-hydrogen) atoms. The minimum absolute atomic E-state index is 0.176. The predicted octanol–water partition coefficient (Wildman–Crippen LogP) is 0.300. The number of carbonyl (C=O) groups is 2. The lowest BCUT2D eigenvalue weighted by molar-refractivity contribution is 0.0818. The maximum atomic E-state index is 12.2. The van der Waals surface area contributed by atoms with Gasteiger partial charge in [0.1, 0.15) is 0 Å². The van der Waals surface area contributed by atoms with Crippen LogP contribution in [0.5, 0.6) is 0 Å². The molecule has 1 saturated heterocycles. The summed E-state index contributed by atoms with van der Waals surface area (Å²) < 4.78 is 0. The number of aromatic nitrogens is 1. The Bertz CT molecular complexity index is 547. The van der Waals surface area contributed by atoms with Gasteiger partial charge in [-0.05, 0) is 25.3 Å². The summed E-state index contributed by atoms with van der Waals surface area (Å²) >= 11 is 0. The van der Waals surface area contributed by atoms with Crippen LogP contribution in [-0.2, 0) is 0 Å². The third-order valence-corrected chi connectivity index (χ3v) is 4.48. The quantitative estimate of drug-likeness (QED) is 0.715. The highest BCUT2D eigenvalue weighted by Gasteiger charge is 2.17. The van der Waals surface area contributed by atoms with Crippen molar-refractivity contribution in [2.24, 2.45) is 0 Å². The normalized spacial score (nSPS) is 26.3. The van der Waals surface area contributed by atoms with Gasteiger partial charge in [0.25, 0.3) is 11.8 Å². The molecule has 0 aliphatic carbocycles. The van der Waals surface area contributed by atoms with E-state index in [9.17, 15) is 9.59 Å². The van der Waals surface area contributed by atoms with E-state index in [1.807, 2.05) is 0 Å². The Balaban J connectivity index is 1.68. The molecule has 2 aliphatic rings. The summed E-state index contributed by atoms with van der Waals surface area (Å²) in [6.07, 6.45) is 6.02. The van der Waals surface area contributed by atoms with E-state index in [4.69, 9.17) is 0 Å². The SMILES string of the molecule is O=C1NCCCN2CCCN(CCCNC(=O)c3cncc1c3)C2. The summed E-state index contributed by atoms with van der Waals surface area (Å²) in [5.74, 6) is -0.353. The Morgan fingerprint density at radius 3 is 1.83 bits per heavy atom. The average molecular weight is 331 g/mol. The van der Waals surface area contributed by atoms with E-state index in [-0.39, 0.29) is 11.8 Å². The second kappa shape index (κ2) is 8.21. The van der Waals surface area contributed by atoms with E-state index in [2.05, 4.69) is 25.4 Å². The minimum atomic E-state index is -0.176. The molecule has 7 nitrogen and oxygen atoms in total. The molecule has 0 spiro atoms. The summed E-state index contributed by atoms with van der Waals surface area (Å²) in [4.78, 5) is 33.3. The van der Waals surface area contributed by atoms with Gasteiger partial charge >= 0.3 is 0 Å². The lowest BCUT2D eigenvalue weighted by Gasteiger charge is -2.35. The lowest BCUT2D eigenvalue weighted by atomic mass is 10.1. The van der Waals surface area contributed by atoms with E-state index < -0.39 is 0 Å². The minimum Gasteiger partial charge on any atom is -0.352 e. The second-order valence-corrected chi connectivity index (χ2v) is 6.41. The fraction of sp³-hybridized carbons (Fsp3) is 0.588. The van der Waals surface area contributed by atoms with Gasteiger partial charge in [-0.1, -0.05) is 0 Å². The summed E-state index contributed by atoms with van der Waals surface area (Å²) in [6.45, 7) is 6.46. The molecule has 2 unspecified atom stereocenters. The standard InChI is InChI=1S/C17H25N5O2/c23-16-14-10-15(12-18-11-14)17(24)20-5-2-7-22-9-3-8-21(13-22)6-1-4-19-16/h10-12H,1-9,13H2,(H,19,23)(H,20,24). The molecule has 1 fully saturated rings. The van der Waals surface area contributed by atoms with Gasteiger partial charge in [-0.15, -0.1) is 0 Å².